The Morgan fingerprint density at radius 3 is 2.63 bits per heavy atom. The third kappa shape index (κ3) is 4.11. The first-order chi connectivity index (χ1) is 13.0. The van der Waals surface area contributed by atoms with Gasteiger partial charge >= 0.3 is 0 Å². The molecule has 0 spiro atoms. The molecule has 8 heteroatoms. The maximum Gasteiger partial charge on any atom is 0.192 e. The fourth-order valence-electron chi connectivity index (χ4n) is 2.48. The van der Waals surface area contributed by atoms with Gasteiger partial charge in [-0.2, -0.15) is 0 Å². The van der Waals surface area contributed by atoms with E-state index in [1.807, 2.05) is 16.7 Å². The molecular formula is C19H16F2N4OS. The molecule has 0 aliphatic rings. The minimum atomic E-state index is -1.05. The van der Waals surface area contributed by atoms with Gasteiger partial charge in [-0.3, -0.25) is 14.3 Å². The average Bonchev–Trinajstić information content (AvgIpc) is 3.07. The van der Waals surface area contributed by atoms with E-state index in [1.54, 1.807) is 25.4 Å². The second kappa shape index (κ2) is 8.22. The van der Waals surface area contributed by atoms with Crippen LogP contribution in [0.5, 0.6) is 0 Å². The van der Waals surface area contributed by atoms with Crippen molar-refractivity contribution in [3.05, 3.63) is 72.6 Å². The van der Waals surface area contributed by atoms with Gasteiger partial charge in [0.2, 0.25) is 0 Å². The monoisotopic (exact) mass is 386 g/mol. The molecule has 1 atom stereocenters. The number of nitrogens with zero attached hydrogens (tertiary/aromatic N) is 4. The third-order valence-electron chi connectivity index (χ3n) is 3.82. The molecule has 27 heavy (non-hydrogen) atoms. The average molecular weight is 386 g/mol. The molecule has 0 N–H and O–H groups in total. The van der Waals surface area contributed by atoms with Gasteiger partial charge in [0.05, 0.1) is 5.25 Å². The van der Waals surface area contributed by atoms with Crippen molar-refractivity contribution in [1.82, 2.24) is 19.7 Å². The number of benzene rings is 1. The molecule has 0 aliphatic carbocycles. The third-order valence-corrected chi connectivity index (χ3v) is 4.90. The van der Waals surface area contributed by atoms with Crippen LogP contribution in [0.15, 0.2) is 60.5 Å². The number of hydrogen-bond donors (Lipinski definition) is 0. The van der Waals surface area contributed by atoms with Crippen LogP contribution in [-0.4, -0.2) is 30.8 Å². The molecule has 0 aliphatic heterocycles. The van der Waals surface area contributed by atoms with Crippen LogP contribution in [0.4, 0.5) is 8.78 Å². The number of Topliss-reactive ketones (excluding diaryl/α,β-unsaturated/α-hetero) is 1. The van der Waals surface area contributed by atoms with Crippen molar-refractivity contribution < 1.29 is 13.6 Å². The standard InChI is InChI=1S/C19H16F2N4OS/c1-3-10-25-18(13-6-8-22-9-7-13)23-24-19(25)27-12(2)17(26)14-4-5-15(20)16(21)11-14/h3-9,11-12H,1,10H2,2H3/t12-/m0/s1. The lowest BCUT2D eigenvalue weighted by Crippen LogP contribution is -2.15. The van der Waals surface area contributed by atoms with Gasteiger partial charge in [-0.25, -0.2) is 8.78 Å². The van der Waals surface area contributed by atoms with E-state index in [2.05, 4.69) is 21.8 Å². The smallest absolute Gasteiger partial charge is 0.192 e. The Bertz CT molecular complexity index is 975. The fourth-order valence-corrected chi connectivity index (χ4v) is 3.42. The van der Waals surface area contributed by atoms with Gasteiger partial charge in [0.15, 0.2) is 28.4 Å². The number of carbonyl (C=O) groups excluding carboxylic acids is 1. The molecule has 0 amide bonds. The largest absolute Gasteiger partial charge is 0.298 e. The van der Waals surface area contributed by atoms with Crippen LogP contribution in [0.25, 0.3) is 11.4 Å². The lowest BCUT2D eigenvalue weighted by Gasteiger charge is -2.12. The number of aromatic nitrogens is 4. The Hall–Kier alpha value is -2.87. The zero-order valence-corrected chi connectivity index (χ0v) is 15.3. The van der Waals surface area contributed by atoms with Crippen LogP contribution in [0, 0.1) is 11.6 Å². The van der Waals surface area contributed by atoms with Crippen LogP contribution in [0.3, 0.4) is 0 Å². The van der Waals surface area contributed by atoms with E-state index in [0.29, 0.717) is 17.5 Å². The van der Waals surface area contributed by atoms with E-state index in [9.17, 15) is 13.6 Å². The normalized spacial score (nSPS) is 12.0. The molecular weight excluding hydrogens is 370 g/mol. The Morgan fingerprint density at radius 1 is 1.22 bits per heavy atom. The summed E-state index contributed by atoms with van der Waals surface area (Å²) in [6.07, 6.45) is 5.02. The number of hydrogen-bond acceptors (Lipinski definition) is 5. The first kappa shape index (κ1) is 18.9. The zero-order chi connectivity index (χ0) is 19.4. The summed E-state index contributed by atoms with van der Waals surface area (Å²) in [4.78, 5) is 16.5. The lowest BCUT2D eigenvalue weighted by atomic mass is 10.1. The first-order valence-corrected chi connectivity index (χ1v) is 8.99. The molecule has 3 aromatic rings. The summed E-state index contributed by atoms with van der Waals surface area (Å²) >= 11 is 1.20. The van der Waals surface area contributed by atoms with Crippen molar-refractivity contribution in [2.75, 3.05) is 0 Å². The van der Waals surface area contributed by atoms with E-state index in [-0.39, 0.29) is 11.3 Å². The van der Waals surface area contributed by atoms with Crippen LogP contribution in [0.2, 0.25) is 0 Å². The highest BCUT2D eigenvalue weighted by molar-refractivity contribution is 8.00. The highest BCUT2D eigenvalue weighted by atomic mass is 32.2. The van der Waals surface area contributed by atoms with Crippen LogP contribution >= 0.6 is 11.8 Å². The summed E-state index contributed by atoms with van der Waals surface area (Å²) in [5.74, 6) is -1.72. The van der Waals surface area contributed by atoms with E-state index < -0.39 is 16.9 Å². The van der Waals surface area contributed by atoms with Gasteiger partial charge in [-0.15, -0.1) is 16.8 Å². The SMILES string of the molecule is C=CCn1c(S[C@@H](C)C(=O)c2ccc(F)c(F)c2)nnc1-c1ccncc1. The molecule has 0 saturated heterocycles. The number of carbonyl (C=O) groups is 1. The van der Waals surface area contributed by atoms with Gasteiger partial charge < -0.3 is 0 Å². The maximum absolute atomic E-state index is 13.4. The molecule has 0 unspecified atom stereocenters. The molecule has 2 heterocycles. The molecule has 0 bridgehead atoms. The van der Waals surface area contributed by atoms with E-state index in [1.165, 1.54) is 17.8 Å². The second-order valence-corrected chi connectivity index (χ2v) is 7.00. The van der Waals surface area contributed by atoms with E-state index in [4.69, 9.17) is 0 Å². The maximum atomic E-state index is 13.4. The van der Waals surface area contributed by atoms with Gasteiger partial charge in [-0.05, 0) is 37.3 Å². The summed E-state index contributed by atoms with van der Waals surface area (Å²) < 4.78 is 28.3. The number of rotatable bonds is 7. The fraction of sp³-hybridized carbons (Fsp3) is 0.158. The van der Waals surface area contributed by atoms with Crippen molar-refractivity contribution in [2.45, 2.75) is 23.9 Å². The number of ketones is 1. The minimum Gasteiger partial charge on any atom is -0.298 e. The van der Waals surface area contributed by atoms with Crippen molar-refractivity contribution in [1.29, 1.82) is 0 Å². The molecule has 0 saturated carbocycles. The summed E-state index contributed by atoms with van der Waals surface area (Å²) in [7, 11) is 0. The second-order valence-electron chi connectivity index (χ2n) is 5.69. The molecule has 0 fully saturated rings. The molecule has 2 aromatic heterocycles. The number of allylic oxidation sites excluding steroid dienone is 1. The topological polar surface area (TPSA) is 60.7 Å². The van der Waals surface area contributed by atoms with Crippen molar-refractivity contribution in [3.8, 4) is 11.4 Å². The quantitative estimate of drug-likeness (QED) is 0.347. The van der Waals surface area contributed by atoms with Crippen molar-refractivity contribution in [3.63, 3.8) is 0 Å². The van der Waals surface area contributed by atoms with Crippen LogP contribution in [-0.2, 0) is 6.54 Å². The predicted octanol–water partition coefficient (Wildman–Crippen LogP) is 4.17. The Kier molecular flexibility index (Phi) is 5.75. The molecule has 3 rings (SSSR count). The number of pyridine rings is 1. The highest BCUT2D eigenvalue weighted by Gasteiger charge is 2.22. The van der Waals surface area contributed by atoms with Crippen molar-refractivity contribution in [2.24, 2.45) is 0 Å². The highest BCUT2D eigenvalue weighted by Crippen LogP contribution is 2.28. The van der Waals surface area contributed by atoms with Gasteiger partial charge in [0.1, 0.15) is 0 Å². The summed E-state index contributed by atoms with van der Waals surface area (Å²) in [6.45, 7) is 5.89. The predicted molar refractivity (Wildman–Crippen MR) is 99.5 cm³/mol. The van der Waals surface area contributed by atoms with Crippen LogP contribution in [0.1, 0.15) is 17.3 Å². The van der Waals surface area contributed by atoms with Gasteiger partial charge in [-0.1, -0.05) is 17.8 Å². The molecule has 1 aromatic carbocycles. The Balaban J connectivity index is 1.86. The number of thioether (sulfide) groups is 1. The van der Waals surface area contributed by atoms with Gasteiger partial charge in [0, 0.05) is 30.1 Å². The van der Waals surface area contributed by atoms with Crippen LogP contribution < -0.4 is 0 Å². The zero-order valence-electron chi connectivity index (χ0n) is 14.5. The first-order valence-electron chi connectivity index (χ1n) is 8.11. The minimum absolute atomic E-state index is 0.109. The summed E-state index contributed by atoms with van der Waals surface area (Å²) in [6, 6.07) is 6.75. The Morgan fingerprint density at radius 2 is 1.96 bits per heavy atom. The van der Waals surface area contributed by atoms with Gasteiger partial charge in [0.25, 0.3) is 0 Å². The van der Waals surface area contributed by atoms with E-state index in [0.717, 1.165) is 17.7 Å². The summed E-state index contributed by atoms with van der Waals surface area (Å²) in [5, 5.41) is 8.36. The molecule has 5 nitrogen and oxygen atoms in total. The van der Waals surface area contributed by atoms with E-state index >= 15 is 0 Å². The number of halogens is 2. The molecule has 0 radical (unpaired) electrons. The summed E-state index contributed by atoms with van der Waals surface area (Å²) in [5.41, 5.74) is 0.948. The molecule has 138 valence electrons. The van der Waals surface area contributed by atoms with Crippen molar-refractivity contribution >= 4 is 17.5 Å². The lowest BCUT2D eigenvalue weighted by molar-refractivity contribution is 0.0993. The Labute approximate surface area is 159 Å².